The maximum atomic E-state index is 10.7. The Morgan fingerprint density at radius 1 is 1.37 bits per heavy atom. The minimum absolute atomic E-state index is 0.0428. The molecular formula is C20H31ClN6O3. The summed E-state index contributed by atoms with van der Waals surface area (Å²) < 4.78 is 12.9. The molecule has 2 heterocycles. The predicted octanol–water partition coefficient (Wildman–Crippen LogP) is 2.58. The van der Waals surface area contributed by atoms with Crippen molar-refractivity contribution >= 4 is 34.3 Å². The molecule has 1 aliphatic carbocycles. The summed E-state index contributed by atoms with van der Waals surface area (Å²) in [6.07, 6.45) is 1.88. The number of anilines is 1. The number of hydrogen-bond donors (Lipinski definition) is 3. The highest BCUT2D eigenvalue weighted by atomic mass is 35.5. The molecule has 10 heteroatoms. The van der Waals surface area contributed by atoms with Gasteiger partial charge in [-0.15, -0.1) is 0 Å². The zero-order valence-electron chi connectivity index (χ0n) is 17.7. The van der Waals surface area contributed by atoms with Gasteiger partial charge in [0.15, 0.2) is 11.9 Å². The highest BCUT2D eigenvalue weighted by Crippen LogP contribution is 2.37. The van der Waals surface area contributed by atoms with Gasteiger partial charge in [-0.2, -0.15) is 0 Å². The molecule has 0 bridgehead atoms. The van der Waals surface area contributed by atoms with Gasteiger partial charge in [0.25, 0.3) is 0 Å². The number of aliphatic hydroxyl groups excluding tert-OH is 1. The number of aliphatic imine (C=N–C) groups is 1. The van der Waals surface area contributed by atoms with Crippen molar-refractivity contribution in [3.05, 3.63) is 17.5 Å². The fraction of sp³-hybridized carbons (Fsp3) is 0.650. The molecule has 2 aromatic rings. The first-order chi connectivity index (χ1) is 14.5. The second kappa shape index (κ2) is 10.4. The maximum absolute atomic E-state index is 10.7. The number of nitrogens with zero attached hydrogens (tertiary/aromatic N) is 4. The van der Waals surface area contributed by atoms with Crippen LogP contribution in [0.4, 0.5) is 5.69 Å². The van der Waals surface area contributed by atoms with Crippen molar-refractivity contribution in [1.29, 1.82) is 0 Å². The van der Waals surface area contributed by atoms with Crippen LogP contribution in [0.5, 0.6) is 0 Å². The van der Waals surface area contributed by atoms with Crippen LogP contribution in [0.25, 0.3) is 11.2 Å². The molecule has 0 unspecified atom stereocenters. The van der Waals surface area contributed by atoms with Crippen LogP contribution in [0.15, 0.2) is 17.4 Å². The number of amidine groups is 1. The number of fused-ring (bicyclic) bond motifs is 1. The molecule has 30 heavy (non-hydrogen) atoms. The van der Waals surface area contributed by atoms with Crippen LogP contribution < -0.4 is 11.1 Å². The van der Waals surface area contributed by atoms with Crippen molar-refractivity contribution in [1.82, 2.24) is 14.5 Å². The van der Waals surface area contributed by atoms with Gasteiger partial charge in [-0.05, 0) is 33.6 Å². The van der Waals surface area contributed by atoms with E-state index in [-0.39, 0.29) is 12.0 Å². The Bertz CT molecular complexity index is 868. The van der Waals surface area contributed by atoms with Crippen LogP contribution >= 0.6 is 11.6 Å². The number of imidazole rings is 1. The van der Waals surface area contributed by atoms with Crippen LogP contribution in [-0.2, 0) is 9.47 Å². The standard InChI is InChI=1S/C20H31ClN6O3/c1-4-23-13-9-16(21)26-20-18(13)25-11-27(20)14-7-12(8-15(14)28)19(22)24-10-17(29-5-2)30-6-3/h9,11-12,14-15,17,28H,4-8,10H2,1-3H3,(H2,22,24)(H,23,26)/t12-,14+,15+/m0/s1. The fourth-order valence-corrected chi connectivity index (χ4v) is 4.10. The van der Waals surface area contributed by atoms with E-state index < -0.39 is 12.4 Å². The number of nitrogens with two attached hydrogens (primary N) is 1. The molecule has 1 aliphatic rings. The smallest absolute Gasteiger partial charge is 0.176 e. The average molecular weight is 439 g/mol. The largest absolute Gasteiger partial charge is 0.391 e. The molecule has 0 amide bonds. The van der Waals surface area contributed by atoms with E-state index in [0.29, 0.717) is 49.2 Å². The monoisotopic (exact) mass is 438 g/mol. The average Bonchev–Trinajstić information content (AvgIpc) is 3.29. The molecule has 166 valence electrons. The van der Waals surface area contributed by atoms with Crippen molar-refractivity contribution in [3.8, 4) is 0 Å². The second-order valence-electron chi connectivity index (χ2n) is 7.26. The summed E-state index contributed by atoms with van der Waals surface area (Å²) in [6, 6.07) is 1.56. The van der Waals surface area contributed by atoms with Crippen molar-refractivity contribution < 1.29 is 14.6 Å². The molecular weight excluding hydrogens is 408 g/mol. The van der Waals surface area contributed by atoms with Crippen LogP contribution in [-0.4, -0.2) is 64.2 Å². The first-order valence-corrected chi connectivity index (χ1v) is 10.8. The van der Waals surface area contributed by atoms with Gasteiger partial charge < -0.3 is 30.2 Å². The van der Waals surface area contributed by atoms with Crippen LogP contribution in [0.3, 0.4) is 0 Å². The summed E-state index contributed by atoms with van der Waals surface area (Å²) in [7, 11) is 0. The number of aromatic nitrogens is 3. The third-order valence-corrected chi connectivity index (χ3v) is 5.46. The van der Waals surface area contributed by atoms with E-state index in [1.54, 1.807) is 12.4 Å². The van der Waals surface area contributed by atoms with Crippen LogP contribution in [0, 0.1) is 5.92 Å². The number of ether oxygens (including phenoxy) is 2. The quantitative estimate of drug-likeness (QED) is 0.225. The van der Waals surface area contributed by atoms with E-state index >= 15 is 0 Å². The topological polar surface area (TPSA) is 120 Å². The van der Waals surface area contributed by atoms with Crippen molar-refractivity contribution in [3.63, 3.8) is 0 Å². The van der Waals surface area contributed by atoms with E-state index in [4.69, 9.17) is 26.8 Å². The minimum Gasteiger partial charge on any atom is -0.391 e. The van der Waals surface area contributed by atoms with Crippen molar-refractivity contribution in [2.24, 2.45) is 16.6 Å². The Balaban J connectivity index is 1.77. The Morgan fingerprint density at radius 3 is 2.77 bits per heavy atom. The molecule has 0 aromatic carbocycles. The number of nitrogens with one attached hydrogen (secondary N) is 1. The van der Waals surface area contributed by atoms with Gasteiger partial charge in [-0.3, -0.25) is 4.99 Å². The Labute approximate surface area is 181 Å². The molecule has 0 spiro atoms. The summed E-state index contributed by atoms with van der Waals surface area (Å²) in [5, 5.41) is 14.4. The molecule has 3 atom stereocenters. The zero-order chi connectivity index (χ0) is 21.7. The summed E-state index contributed by atoms with van der Waals surface area (Å²) in [4.78, 5) is 13.4. The first-order valence-electron chi connectivity index (χ1n) is 10.5. The predicted molar refractivity (Wildman–Crippen MR) is 118 cm³/mol. The molecule has 0 saturated heterocycles. The van der Waals surface area contributed by atoms with Crippen LogP contribution in [0.2, 0.25) is 5.15 Å². The lowest BCUT2D eigenvalue weighted by atomic mass is 10.1. The van der Waals surface area contributed by atoms with Gasteiger partial charge in [0.1, 0.15) is 10.7 Å². The van der Waals surface area contributed by atoms with Crippen LogP contribution in [0.1, 0.15) is 39.7 Å². The van der Waals surface area contributed by atoms with Gasteiger partial charge in [-0.25, -0.2) is 9.97 Å². The molecule has 4 N–H and O–H groups in total. The summed E-state index contributed by atoms with van der Waals surface area (Å²) in [5.74, 6) is 0.462. The number of aliphatic hydroxyl groups is 1. The van der Waals surface area contributed by atoms with E-state index in [2.05, 4.69) is 20.3 Å². The third kappa shape index (κ3) is 5.03. The SMILES string of the molecule is CCNc1cc(Cl)nc2c1ncn2[C@@H]1C[C@H](C(N)=NCC(OCC)OCC)C[C@H]1O. The molecule has 2 aromatic heterocycles. The number of hydrogen-bond acceptors (Lipinski definition) is 7. The fourth-order valence-electron chi connectivity index (χ4n) is 3.91. The Morgan fingerprint density at radius 2 is 2.10 bits per heavy atom. The third-order valence-electron chi connectivity index (χ3n) is 5.27. The number of rotatable bonds is 10. The maximum Gasteiger partial charge on any atom is 0.176 e. The molecule has 1 saturated carbocycles. The van der Waals surface area contributed by atoms with Gasteiger partial charge in [0, 0.05) is 31.7 Å². The van der Waals surface area contributed by atoms with Gasteiger partial charge in [0.05, 0.1) is 36.5 Å². The Kier molecular flexibility index (Phi) is 7.87. The first kappa shape index (κ1) is 22.7. The van der Waals surface area contributed by atoms with E-state index in [1.165, 1.54) is 0 Å². The van der Waals surface area contributed by atoms with Gasteiger partial charge in [-0.1, -0.05) is 11.6 Å². The second-order valence-corrected chi connectivity index (χ2v) is 7.64. The van der Waals surface area contributed by atoms with E-state index in [9.17, 15) is 5.11 Å². The lowest BCUT2D eigenvalue weighted by Gasteiger charge is -2.17. The number of halogens is 1. The van der Waals surface area contributed by atoms with Gasteiger partial charge in [0.2, 0.25) is 0 Å². The minimum atomic E-state index is -0.584. The van der Waals surface area contributed by atoms with Crippen molar-refractivity contribution in [2.75, 3.05) is 31.6 Å². The Hall–Kier alpha value is -1.94. The highest BCUT2D eigenvalue weighted by molar-refractivity contribution is 6.30. The summed E-state index contributed by atoms with van der Waals surface area (Å²) >= 11 is 6.22. The van der Waals surface area contributed by atoms with E-state index in [1.807, 2.05) is 25.3 Å². The van der Waals surface area contributed by atoms with Gasteiger partial charge >= 0.3 is 0 Å². The van der Waals surface area contributed by atoms with E-state index in [0.717, 1.165) is 17.7 Å². The molecule has 1 fully saturated rings. The summed E-state index contributed by atoms with van der Waals surface area (Å²) in [6.45, 7) is 8.00. The zero-order valence-corrected chi connectivity index (χ0v) is 18.5. The number of pyridine rings is 1. The lowest BCUT2D eigenvalue weighted by Crippen LogP contribution is -2.27. The molecule has 0 radical (unpaired) electrons. The molecule has 3 rings (SSSR count). The summed E-state index contributed by atoms with van der Waals surface area (Å²) in [5.41, 5.74) is 8.46. The van der Waals surface area contributed by atoms with Crippen molar-refractivity contribution in [2.45, 2.75) is 52.0 Å². The highest BCUT2D eigenvalue weighted by Gasteiger charge is 2.37. The molecule has 0 aliphatic heterocycles. The molecule has 9 nitrogen and oxygen atoms in total. The normalized spacial score (nSPS) is 22.3. The lowest BCUT2D eigenvalue weighted by molar-refractivity contribution is -0.128.